The Morgan fingerprint density at radius 1 is 1.23 bits per heavy atom. The fourth-order valence-corrected chi connectivity index (χ4v) is 3.69. The van der Waals surface area contributed by atoms with Crippen molar-refractivity contribution in [3.8, 4) is 11.5 Å². The van der Waals surface area contributed by atoms with Gasteiger partial charge in [-0.3, -0.25) is 4.79 Å². The summed E-state index contributed by atoms with van der Waals surface area (Å²) in [5, 5.41) is 3.22. The zero-order valence-electron chi connectivity index (χ0n) is 16.0. The van der Waals surface area contributed by atoms with Gasteiger partial charge in [0.25, 0.3) is 5.91 Å². The molecule has 1 aliphatic rings. The molecule has 0 saturated heterocycles. The van der Waals surface area contributed by atoms with Crippen molar-refractivity contribution in [1.29, 1.82) is 0 Å². The first-order valence-electron chi connectivity index (χ1n) is 9.25. The van der Waals surface area contributed by atoms with Crippen LogP contribution < -0.4 is 14.8 Å². The normalized spacial score (nSPS) is 17.8. The Kier molecular flexibility index (Phi) is 5.21. The third kappa shape index (κ3) is 3.41. The number of hydrogen-bond acceptors (Lipinski definition) is 3. The van der Waals surface area contributed by atoms with Gasteiger partial charge in [-0.05, 0) is 49.6 Å². The molecule has 0 aromatic heterocycles. The van der Waals surface area contributed by atoms with Gasteiger partial charge in [0, 0.05) is 17.5 Å². The van der Waals surface area contributed by atoms with Crippen LogP contribution in [0.2, 0.25) is 0 Å². The molecule has 0 fully saturated rings. The first-order valence-corrected chi connectivity index (χ1v) is 9.25. The molecule has 2 aromatic carbocycles. The van der Waals surface area contributed by atoms with Crippen LogP contribution >= 0.6 is 0 Å². The van der Waals surface area contributed by atoms with Gasteiger partial charge in [0.05, 0.1) is 13.2 Å². The third-order valence-electron chi connectivity index (χ3n) is 5.45. The number of methoxy groups -OCH3 is 1. The Labute approximate surface area is 155 Å². The molecule has 0 aliphatic carbocycles. The quantitative estimate of drug-likeness (QED) is 0.838. The minimum Gasteiger partial charge on any atom is -0.496 e. The van der Waals surface area contributed by atoms with Crippen LogP contribution in [0.15, 0.2) is 42.5 Å². The Morgan fingerprint density at radius 3 is 2.62 bits per heavy atom. The van der Waals surface area contributed by atoms with E-state index < -0.39 is 0 Å². The summed E-state index contributed by atoms with van der Waals surface area (Å²) in [4.78, 5) is 12.9. The molecule has 0 saturated carbocycles. The monoisotopic (exact) mass is 353 g/mol. The van der Waals surface area contributed by atoms with Gasteiger partial charge in [-0.2, -0.15) is 0 Å². The molecular formula is C22H27NO3. The predicted molar refractivity (Wildman–Crippen MR) is 103 cm³/mol. The minimum absolute atomic E-state index is 0.0604. The predicted octanol–water partition coefficient (Wildman–Crippen LogP) is 4.82. The molecule has 1 amide bonds. The number of amides is 1. The van der Waals surface area contributed by atoms with Gasteiger partial charge in [0.2, 0.25) is 0 Å². The number of rotatable bonds is 5. The molecule has 1 atom stereocenters. The molecule has 1 aliphatic heterocycles. The number of carbonyl (C=O) groups excluding carboxylic acids is 1. The van der Waals surface area contributed by atoms with E-state index >= 15 is 0 Å². The van der Waals surface area contributed by atoms with Crippen LogP contribution in [0.1, 0.15) is 60.6 Å². The van der Waals surface area contributed by atoms with Gasteiger partial charge >= 0.3 is 0 Å². The highest BCUT2D eigenvalue weighted by Gasteiger charge is 2.39. The van der Waals surface area contributed by atoms with Crippen LogP contribution in [0.5, 0.6) is 11.5 Å². The summed E-state index contributed by atoms with van der Waals surface area (Å²) in [5.74, 6) is 1.59. The third-order valence-corrected chi connectivity index (χ3v) is 5.45. The summed E-state index contributed by atoms with van der Waals surface area (Å²) in [6.45, 7) is 6.23. The molecule has 2 aromatic rings. The zero-order chi connectivity index (χ0) is 18.7. The lowest BCUT2D eigenvalue weighted by atomic mass is 9.83. The molecule has 0 bridgehead atoms. The van der Waals surface area contributed by atoms with E-state index in [1.165, 1.54) is 0 Å². The van der Waals surface area contributed by atoms with Crippen molar-refractivity contribution < 1.29 is 14.3 Å². The van der Waals surface area contributed by atoms with Crippen molar-refractivity contribution in [3.63, 3.8) is 0 Å². The van der Waals surface area contributed by atoms with Gasteiger partial charge in [-0.1, -0.05) is 32.0 Å². The second-order valence-electron chi connectivity index (χ2n) is 6.94. The summed E-state index contributed by atoms with van der Waals surface area (Å²) in [5.41, 5.74) is 2.40. The fraction of sp³-hybridized carbons (Fsp3) is 0.409. The van der Waals surface area contributed by atoms with Crippen molar-refractivity contribution in [1.82, 2.24) is 5.32 Å². The van der Waals surface area contributed by atoms with Crippen LogP contribution in [0, 0.1) is 6.92 Å². The number of para-hydroxylation sites is 1. The van der Waals surface area contributed by atoms with E-state index in [0.717, 1.165) is 41.9 Å². The molecule has 1 N–H and O–H groups in total. The Balaban J connectivity index is 1.88. The Morgan fingerprint density at radius 2 is 1.96 bits per heavy atom. The average Bonchev–Trinajstić information content (AvgIpc) is 2.67. The zero-order valence-corrected chi connectivity index (χ0v) is 16.0. The van der Waals surface area contributed by atoms with E-state index in [1.807, 2.05) is 43.3 Å². The number of nitrogens with one attached hydrogen (secondary N) is 1. The van der Waals surface area contributed by atoms with Crippen LogP contribution in [-0.4, -0.2) is 18.6 Å². The molecule has 0 radical (unpaired) electrons. The topological polar surface area (TPSA) is 47.6 Å². The van der Waals surface area contributed by atoms with Gasteiger partial charge < -0.3 is 14.8 Å². The van der Waals surface area contributed by atoms with E-state index in [4.69, 9.17) is 9.47 Å². The van der Waals surface area contributed by atoms with Crippen LogP contribution in [0.4, 0.5) is 0 Å². The standard InChI is InChI=1S/C22H27NO3/c1-5-22(6-2)14-18(17-9-7-8-10-20(17)26-22)23-21(24)16-11-12-19(25-4)15(3)13-16/h7-13,18H,5-6,14H2,1-4H3,(H,23,24)/t18-/m1/s1. The summed E-state index contributed by atoms with van der Waals surface area (Å²) in [6, 6.07) is 13.4. The van der Waals surface area contributed by atoms with Crippen molar-refractivity contribution in [2.45, 2.75) is 51.7 Å². The van der Waals surface area contributed by atoms with Crippen molar-refractivity contribution in [3.05, 3.63) is 59.2 Å². The molecule has 4 nitrogen and oxygen atoms in total. The van der Waals surface area contributed by atoms with Gasteiger partial charge in [0.15, 0.2) is 0 Å². The highest BCUT2D eigenvalue weighted by atomic mass is 16.5. The first kappa shape index (κ1) is 18.3. The molecule has 3 rings (SSSR count). The molecule has 0 spiro atoms. The summed E-state index contributed by atoms with van der Waals surface area (Å²) in [7, 11) is 1.64. The summed E-state index contributed by atoms with van der Waals surface area (Å²) >= 11 is 0. The van der Waals surface area contributed by atoms with Crippen LogP contribution in [-0.2, 0) is 0 Å². The highest BCUT2D eigenvalue weighted by molar-refractivity contribution is 5.95. The largest absolute Gasteiger partial charge is 0.496 e. The molecular weight excluding hydrogens is 326 g/mol. The van der Waals surface area contributed by atoms with Crippen molar-refractivity contribution >= 4 is 5.91 Å². The number of benzene rings is 2. The lowest BCUT2D eigenvalue weighted by molar-refractivity contribution is 0.0227. The number of hydrogen-bond donors (Lipinski definition) is 1. The molecule has 0 unspecified atom stereocenters. The van der Waals surface area contributed by atoms with Gasteiger partial charge in [0.1, 0.15) is 17.1 Å². The van der Waals surface area contributed by atoms with E-state index in [2.05, 4.69) is 19.2 Å². The SMILES string of the molecule is CCC1(CC)C[C@@H](NC(=O)c2ccc(OC)c(C)c2)c2ccccc2O1. The smallest absolute Gasteiger partial charge is 0.251 e. The average molecular weight is 353 g/mol. The second-order valence-corrected chi connectivity index (χ2v) is 6.94. The van der Waals surface area contributed by atoms with Crippen molar-refractivity contribution in [2.24, 2.45) is 0 Å². The minimum atomic E-state index is -0.234. The molecule has 26 heavy (non-hydrogen) atoms. The lowest BCUT2D eigenvalue weighted by Crippen LogP contribution is -2.44. The van der Waals surface area contributed by atoms with Gasteiger partial charge in [-0.15, -0.1) is 0 Å². The van der Waals surface area contributed by atoms with E-state index in [-0.39, 0.29) is 17.6 Å². The molecule has 4 heteroatoms. The maximum absolute atomic E-state index is 12.9. The number of ether oxygens (including phenoxy) is 2. The van der Waals surface area contributed by atoms with E-state index in [9.17, 15) is 4.79 Å². The lowest BCUT2D eigenvalue weighted by Gasteiger charge is -2.41. The molecule has 1 heterocycles. The van der Waals surface area contributed by atoms with Crippen molar-refractivity contribution in [2.75, 3.05) is 7.11 Å². The number of aryl methyl sites for hydroxylation is 1. The maximum Gasteiger partial charge on any atom is 0.251 e. The van der Waals surface area contributed by atoms with Gasteiger partial charge in [-0.25, -0.2) is 0 Å². The fourth-order valence-electron chi connectivity index (χ4n) is 3.69. The van der Waals surface area contributed by atoms with E-state index in [1.54, 1.807) is 13.2 Å². The van der Waals surface area contributed by atoms with Crippen LogP contribution in [0.3, 0.4) is 0 Å². The Hall–Kier alpha value is -2.49. The van der Waals surface area contributed by atoms with E-state index in [0.29, 0.717) is 5.56 Å². The summed E-state index contributed by atoms with van der Waals surface area (Å²) < 4.78 is 11.6. The maximum atomic E-state index is 12.9. The highest BCUT2D eigenvalue weighted by Crippen LogP contribution is 2.42. The number of carbonyl (C=O) groups is 1. The summed E-state index contributed by atoms with van der Waals surface area (Å²) in [6.07, 6.45) is 2.59. The first-order chi connectivity index (χ1) is 12.5. The van der Waals surface area contributed by atoms with Crippen LogP contribution in [0.25, 0.3) is 0 Å². The Bertz CT molecular complexity index is 796. The second kappa shape index (κ2) is 7.40. The molecule has 138 valence electrons. The number of fused-ring (bicyclic) bond motifs is 1.